The molecule has 0 saturated carbocycles. The highest BCUT2D eigenvalue weighted by Crippen LogP contribution is 2.30. The van der Waals surface area contributed by atoms with Gasteiger partial charge in [-0.05, 0) is 36.8 Å². The fourth-order valence-electron chi connectivity index (χ4n) is 1.55. The van der Waals surface area contributed by atoms with Crippen LogP contribution >= 0.6 is 11.6 Å². The van der Waals surface area contributed by atoms with Crippen molar-refractivity contribution >= 4 is 28.8 Å². The molecule has 0 unspecified atom stereocenters. The van der Waals surface area contributed by atoms with Crippen LogP contribution in [0.5, 0.6) is 5.75 Å². The molecule has 94 valence electrons. The summed E-state index contributed by atoms with van der Waals surface area (Å²) in [4.78, 5) is 4.20. The van der Waals surface area contributed by atoms with Crippen LogP contribution in [-0.4, -0.2) is 12.1 Å². The van der Waals surface area contributed by atoms with Gasteiger partial charge >= 0.3 is 0 Å². The number of nitrogens with zero attached hydrogens (tertiary/aromatic N) is 1. The topological polar surface area (TPSA) is 60.2 Å². The molecule has 0 bridgehead atoms. The molecule has 0 aliphatic heterocycles. The Morgan fingerprint density at radius 1 is 1.33 bits per heavy atom. The van der Waals surface area contributed by atoms with Crippen LogP contribution in [0.2, 0.25) is 5.02 Å². The Balaban J connectivity index is 2.29. The van der Waals surface area contributed by atoms with Crippen LogP contribution in [-0.2, 0) is 0 Å². The summed E-state index contributed by atoms with van der Waals surface area (Å²) in [6.07, 6.45) is 1.71. The van der Waals surface area contributed by atoms with Gasteiger partial charge in [-0.25, -0.2) is 4.98 Å². The van der Waals surface area contributed by atoms with E-state index in [2.05, 4.69) is 10.3 Å². The number of methoxy groups -OCH3 is 1. The van der Waals surface area contributed by atoms with Gasteiger partial charge in [0.05, 0.1) is 17.8 Å². The van der Waals surface area contributed by atoms with Gasteiger partial charge < -0.3 is 15.8 Å². The summed E-state index contributed by atoms with van der Waals surface area (Å²) in [7, 11) is 1.58. The molecule has 0 aliphatic rings. The number of nitrogen functional groups attached to an aromatic ring is 1. The maximum atomic E-state index is 6.05. The highest BCUT2D eigenvalue weighted by Gasteiger charge is 2.06. The molecule has 3 N–H and O–H groups in total. The smallest absolute Gasteiger partial charge is 0.153 e. The minimum atomic E-state index is 0.536. The molecule has 0 aliphatic carbocycles. The third kappa shape index (κ3) is 2.49. The largest absolute Gasteiger partial charge is 0.495 e. The first kappa shape index (κ1) is 12.5. The molecule has 2 rings (SSSR count). The van der Waals surface area contributed by atoms with E-state index in [1.807, 2.05) is 19.1 Å². The number of benzene rings is 1. The summed E-state index contributed by atoms with van der Waals surface area (Å²) in [5.74, 6) is 1.25. The number of ether oxygens (including phenoxy) is 1. The van der Waals surface area contributed by atoms with Crippen molar-refractivity contribution in [3.8, 4) is 5.75 Å². The molecule has 2 aromatic rings. The fraction of sp³-hybridized carbons (Fsp3) is 0.154. The van der Waals surface area contributed by atoms with Crippen molar-refractivity contribution in [2.24, 2.45) is 0 Å². The monoisotopic (exact) mass is 263 g/mol. The molecule has 4 nitrogen and oxygen atoms in total. The lowest BCUT2D eigenvalue weighted by molar-refractivity contribution is 0.415. The van der Waals surface area contributed by atoms with Crippen LogP contribution in [0.15, 0.2) is 30.5 Å². The number of aryl methyl sites for hydroxylation is 1. The molecule has 0 amide bonds. The SMILES string of the molecule is COc1ccc(Nc2nccc(C)c2N)cc1Cl. The normalized spacial score (nSPS) is 10.2. The van der Waals surface area contributed by atoms with Gasteiger partial charge in [0.2, 0.25) is 0 Å². The zero-order valence-electron chi connectivity index (χ0n) is 10.2. The summed E-state index contributed by atoms with van der Waals surface area (Å²) < 4.78 is 5.09. The number of halogens is 1. The Hall–Kier alpha value is -1.94. The first-order chi connectivity index (χ1) is 8.61. The van der Waals surface area contributed by atoms with Crippen molar-refractivity contribution in [1.29, 1.82) is 0 Å². The van der Waals surface area contributed by atoms with Gasteiger partial charge in [-0.1, -0.05) is 11.6 Å². The van der Waals surface area contributed by atoms with Crippen molar-refractivity contribution in [1.82, 2.24) is 4.98 Å². The Morgan fingerprint density at radius 3 is 2.78 bits per heavy atom. The standard InChI is InChI=1S/C13H14ClN3O/c1-8-5-6-16-13(12(8)15)17-9-3-4-11(18-2)10(14)7-9/h3-7H,15H2,1-2H3,(H,16,17). The fourth-order valence-corrected chi connectivity index (χ4v) is 1.81. The Bertz CT molecular complexity index is 572. The van der Waals surface area contributed by atoms with Crippen molar-refractivity contribution in [2.45, 2.75) is 6.92 Å². The molecule has 1 aromatic carbocycles. The summed E-state index contributed by atoms with van der Waals surface area (Å²) in [5, 5.41) is 3.66. The maximum Gasteiger partial charge on any atom is 0.153 e. The molecule has 5 heteroatoms. The van der Waals surface area contributed by atoms with Crippen molar-refractivity contribution < 1.29 is 4.74 Å². The summed E-state index contributed by atoms with van der Waals surface area (Å²) in [6, 6.07) is 7.27. The molecule has 0 atom stereocenters. The number of hydrogen-bond donors (Lipinski definition) is 2. The summed E-state index contributed by atoms with van der Waals surface area (Å²) >= 11 is 6.05. The first-order valence-corrected chi connectivity index (χ1v) is 5.81. The van der Waals surface area contributed by atoms with E-state index in [9.17, 15) is 0 Å². The van der Waals surface area contributed by atoms with Gasteiger partial charge in [0, 0.05) is 11.9 Å². The van der Waals surface area contributed by atoms with Crippen LogP contribution in [0.4, 0.5) is 17.2 Å². The van der Waals surface area contributed by atoms with Crippen LogP contribution in [0.3, 0.4) is 0 Å². The Labute approximate surface area is 111 Å². The van der Waals surface area contributed by atoms with Gasteiger partial charge in [-0.3, -0.25) is 0 Å². The number of rotatable bonds is 3. The van der Waals surface area contributed by atoms with Gasteiger partial charge in [0.25, 0.3) is 0 Å². The van der Waals surface area contributed by atoms with Crippen molar-refractivity contribution in [3.63, 3.8) is 0 Å². The lowest BCUT2D eigenvalue weighted by Gasteiger charge is -2.11. The predicted octanol–water partition coefficient (Wildman–Crippen LogP) is 3.38. The molecular formula is C13H14ClN3O. The van der Waals surface area contributed by atoms with Crippen LogP contribution in [0.25, 0.3) is 0 Å². The molecule has 1 heterocycles. The lowest BCUT2D eigenvalue weighted by atomic mass is 10.2. The van der Waals surface area contributed by atoms with E-state index >= 15 is 0 Å². The maximum absolute atomic E-state index is 6.05. The second-order valence-electron chi connectivity index (χ2n) is 3.86. The number of aromatic nitrogens is 1. The second kappa shape index (κ2) is 5.14. The number of nitrogens with two attached hydrogens (primary N) is 1. The van der Waals surface area contributed by atoms with Gasteiger partial charge in [-0.15, -0.1) is 0 Å². The minimum Gasteiger partial charge on any atom is -0.495 e. The number of hydrogen-bond acceptors (Lipinski definition) is 4. The second-order valence-corrected chi connectivity index (χ2v) is 4.27. The lowest BCUT2D eigenvalue weighted by Crippen LogP contribution is -2.00. The highest BCUT2D eigenvalue weighted by molar-refractivity contribution is 6.32. The van der Waals surface area contributed by atoms with Crippen LogP contribution in [0, 0.1) is 6.92 Å². The molecule has 0 fully saturated rings. The Morgan fingerprint density at radius 2 is 2.11 bits per heavy atom. The average Bonchev–Trinajstić information content (AvgIpc) is 2.35. The zero-order chi connectivity index (χ0) is 13.1. The third-order valence-corrected chi connectivity index (χ3v) is 2.92. The van der Waals surface area contributed by atoms with E-state index in [4.69, 9.17) is 22.1 Å². The zero-order valence-corrected chi connectivity index (χ0v) is 11.0. The van der Waals surface area contributed by atoms with Gasteiger partial charge in [-0.2, -0.15) is 0 Å². The Kier molecular flexibility index (Phi) is 3.58. The number of anilines is 3. The van der Waals surface area contributed by atoms with E-state index in [0.717, 1.165) is 11.3 Å². The predicted molar refractivity (Wildman–Crippen MR) is 74.7 cm³/mol. The third-order valence-electron chi connectivity index (χ3n) is 2.62. The van der Waals surface area contributed by atoms with E-state index < -0.39 is 0 Å². The molecule has 1 aromatic heterocycles. The molecule has 0 spiro atoms. The van der Waals surface area contributed by atoms with Crippen LogP contribution in [0.1, 0.15) is 5.56 Å². The number of nitrogens with one attached hydrogen (secondary N) is 1. The molecular weight excluding hydrogens is 250 g/mol. The van der Waals surface area contributed by atoms with Crippen molar-refractivity contribution in [3.05, 3.63) is 41.0 Å². The average molecular weight is 264 g/mol. The van der Waals surface area contributed by atoms with E-state index in [1.54, 1.807) is 25.4 Å². The minimum absolute atomic E-state index is 0.536. The summed E-state index contributed by atoms with van der Waals surface area (Å²) in [6.45, 7) is 1.93. The van der Waals surface area contributed by atoms with Crippen molar-refractivity contribution in [2.75, 3.05) is 18.2 Å². The number of pyridine rings is 1. The summed E-state index contributed by atoms with van der Waals surface area (Å²) in [5.41, 5.74) is 8.36. The first-order valence-electron chi connectivity index (χ1n) is 5.43. The van der Waals surface area contributed by atoms with E-state index in [-0.39, 0.29) is 0 Å². The van der Waals surface area contributed by atoms with Gasteiger partial charge in [0.1, 0.15) is 5.75 Å². The van der Waals surface area contributed by atoms with Gasteiger partial charge in [0.15, 0.2) is 5.82 Å². The quantitative estimate of drug-likeness (QED) is 0.891. The van der Waals surface area contributed by atoms with E-state index in [1.165, 1.54) is 0 Å². The van der Waals surface area contributed by atoms with E-state index in [0.29, 0.717) is 22.3 Å². The molecule has 0 radical (unpaired) electrons. The molecule has 0 saturated heterocycles. The van der Waals surface area contributed by atoms with Crippen LogP contribution < -0.4 is 15.8 Å². The molecule has 18 heavy (non-hydrogen) atoms. The highest BCUT2D eigenvalue weighted by atomic mass is 35.5.